The van der Waals surface area contributed by atoms with Crippen LogP contribution < -0.4 is 27.8 Å². The van der Waals surface area contributed by atoms with Gasteiger partial charge in [-0.15, -0.1) is 57.5 Å². The third kappa shape index (κ3) is 9.85. The number of allylic oxidation sites excluding steroid dienone is 2. The molecule has 0 aromatic carbocycles. The number of oxime groups is 1. The number of nitrogens with two attached hydrogens (primary N) is 3. The van der Waals surface area contributed by atoms with Gasteiger partial charge in [-0.05, 0) is 25.0 Å². The number of carbonyl (C=O) groups is 7. The van der Waals surface area contributed by atoms with Gasteiger partial charge in [0, 0.05) is 32.7 Å². The first kappa shape index (κ1) is 46.2. The Morgan fingerprint density at radius 2 is 1.48 bits per heavy atom. The van der Waals surface area contributed by atoms with Crippen LogP contribution in [0.1, 0.15) is 35.3 Å². The Bertz CT molecular complexity index is 2530. The van der Waals surface area contributed by atoms with E-state index < -0.39 is 64.5 Å². The molecular formula is C36H37N11O11S5. The summed E-state index contributed by atoms with van der Waals surface area (Å²) in [6.07, 6.45) is 4.70. The number of carboxylic acid groups (broad SMARTS) is 2. The molecule has 2 fully saturated rings. The topological polar surface area (TPSA) is 338 Å². The summed E-state index contributed by atoms with van der Waals surface area (Å²) in [5, 5.41) is 30.9. The summed E-state index contributed by atoms with van der Waals surface area (Å²) in [5.74, 6) is -4.23. The largest absolute Gasteiger partial charge is 0.477 e. The molecule has 3 aromatic heterocycles. The van der Waals surface area contributed by atoms with Crippen molar-refractivity contribution < 1.29 is 53.3 Å². The summed E-state index contributed by atoms with van der Waals surface area (Å²) in [5.41, 5.74) is 20.0. The Balaban J connectivity index is 0.000000211. The minimum atomic E-state index is -1.33. The molecule has 22 nitrogen and oxygen atoms in total. The molecule has 27 heteroatoms. The minimum absolute atomic E-state index is 0.0919. The zero-order valence-electron chi connectivity index (χ0n) is 33.1. The summed E-state index contributed by atoms with van der Waals surface area (Å²) >= 11 is 6.39. The first-order valence-corrected chi connectivity index (χ1v) is 23.0. The number of rotatable bonds is 14. The molecule has 0 saturated carbocycles. The summed E-state index contributed by atoms with van der Waals surface area (Å²) in [6.45, 7) is 3.39. The van der Waals surface area contributed by atoms with Crippen LogP contribution in [-0.2, 0) is 38.3 Å². The second-order valence-corrected chi connectivity index (χ2v) is 18.1. The number of aryl methyl sites for hydroxylation is 1. The molecule has 4 aliphatic heterocycles. The second kappa shape index (κ2) is 19.8. The van der Waals surface area contributed by atoms with E-state index in [1.807, 2.05) is 13.8 Å². The maximum absolute atomic E-state index is 12.9. The molecule has 63 heavy (non-hydrogen) atoms. The Hall–Kier alpha value is -6.29. The van der Waals surface area contributed by atoms with Crippen molar-refractivity contribution in [1.29, 1.82) is 0 Å². The molecule has 4 aliphatic rings. The maximum atomic E-state index is 12.9. The van der Waals surface area contributed by atoms with E-state index in [0.717, 1.165) is 26.8 Å². The van der Waals surface area contributed by atoms with Gasteiger partial charge in [-0.2, -0.15) is 0 Å². The van der Waals surface area contributed by atoms with E-state index in [4.69, 9.17) is 22.0 Å². The molecule has 4 atom stereocenters. The lowest BCUT2D eigenvalue weighted by Gasteiger charge is -2.49. The van der Waals surface area contributed by atoms with Crippen LogP contribution >= 0.6 is 57.5 Å². The van der Waals surface area contributed by atoms with Crippen molar-refractivity contribution in [3.05, 3.63) is 72.9 Å². The van der Waals surface area contributed by atoms with Crippen molar-refractivity contribution in [2.24, 2.45) is 10.9 Å². The van der Waals surface area contributed by atoms with Crippen LogP contribution in [0.15, 0.2) is 56.1 Å². The highest BCUT2D eigenvalue weighted by Crippen LogP contribution is 2.42. The summed E-state index contributed by atoms with van der Waals surface area (Å²) < 4.78 is 4.68. The van der Waals surface area contributed by atoms with Crippen LogP contribution in [0.2, 0.25) is 0 Å². The quantitative estimate of drug-likeness (QED) is 0.0523. The predicted octanol–water partition coefficient (Wildman–Crippen LogP) is 1.65. The lowest BCUT2D eigenvalue weighted by Crippen LogP contribution is -2.71. The molecule has 0 aliphatic carbocycles. The number of carboxylic acids is 2. The number of thiazole rings is 3. The number of anilines is 2. The SMILES string of the molecule is CC/C=C(\C(=O)N[C@@H]1C(=O)N2C(C(=O)O)=C(COC(N)=O)CS[C@H]12)c1csc(N)n1.CO/N=C(\C(=O)N[C@@H]1C(=O)N2C(C(=O)O)=C(/C=C\c3scnc3C)CS[C@H]12)c1csc(N)n1. The molecule has 5 amide bonds. The van der Waals surface area contributed by atoms with Crippen molar-refractivity contribution in [2.75, 3.05) is 36.7 Å². The van der Waals surface area contributed by atoms with Gasteiger partial charge in [-0.25, -0.2) is 29.3 Å². The number of aromatic nitrogens is 3. The maximum Gasteiger partial charge on any atom is 0.404 e. The highest BCUT2D eigenvalue weighted by atomic mass is 32.2. The molecule has 2 saturated heterocycles. The molecule has 7 rings (SSSR count). The van der Waals surface area contributed by atoms with Crippen molar-refractivity contribution >= 4 is 127 Å². The molecule has 10 N–H and O–H groups in total. The van der Waals surface area contributed by atoms with E-state index >= 15 is 0 Å². The number of carbonyl (C=O) groups excluding carboxylic acids is 5. The Kier molecular flexibility index (Phi) is 14.5. The molecule has 0 spiro atoms. The number of ether oxygens (including phenoxy) is 1. The second-order valence-electron chi connectivity index (χ2n) is 13.2. The van der Waals surface area contributed by atoms with Crippen LogP contribution in [0.5, 0.6) is 0 Å². The van der Waals surface area contributed by atoms with E-state index in [1.165, 1.54) is 58.2 Å². The number of nitrogens with zero attached hydrogens (tertiary/aromatic N) is 6. The normalized spacial score (nSPS) is 20.8. The summed E-state index contributed by atoms with van der Waals surface area (Å²) in [7, 11) is 1.28. The lowest BCUT2D eigenvalue weighted by atomic mass is 10.0. The fourth-order valence-electron chi connectivity index (χ4n) is 6.42. The summed E-state index contributed by atoms with van der Waals surface area (Å²) in [4.78, 5) is 106. The average molecular weight is 960 g/mol. The highest BCUT2D eigenvalue weighted by molar-refractivity contribution is 8.00. The van der Waals surface area contributed by atoms with Gasteiger partial charge in [-0.1, -0.05) is 24.2 Å². The molecule has 0 bridgehead atoms. The first-order chi connectivity index (χ1) is 30.1. The van der Waals surface area contributed by atoms with E-state index in [9.17, 15) is 43.8 Å². The average Bonchev–Trinajstić information content (AvgIpc) is 4.00. The number of fused-ring (bicyclic) bond motifs is 2. The van der Waals surface area contributed by atoms with E-state index in [2.05, 4.69) is 35.5 Å². The predicted molar refractivity (Wildman–Crippen MR) is 236 cm³/mol. The number of hydrogen-bond acceptors (Lipinski definition) is 20. The third-order valence-corrected chi connectivity index (χ3v) is 14.1. The Morgan fingerprint density at radius 3 is 2.00 bits per heavy atom. The van der Waals surface area contributed by atoms with Crippen LogP contribution in [0, 0.1) is 6.92 Å². The van der Waals surface area contributed by atoms with Crippen molar-refractivity contribution in [2.45, 2.75) is 43.1 Å². The van der Waals surface area contributed by atoms with Gasteiger partial charge in [0.05, 0.1) is 22.5 Å². The third-order valence-electron chi connectivity index (χ3n) is 9.24. The van der Waals surface area contributed by atoms with Gasteiger partial charge in [0.2, 0.25) is 0 Å². The van der Waals surface area contributed by atoms with Crippen molar-refractivity contribution in [3.8, 4) is 0 Å². The van der Waals surface area contributed by atoms with E-state index in [0.29, 0.717) is 34.1 Å². The zero-order valence-corrected chi connectivity index (χ0v) is 37.2. The minimum Gasteiger partial charge on any atom is -0.477 e. The van der Waals surface area contributed by atoms with Crippen LogP contribution in [0.25, 0.3) is 11.6 Å². The monoisotopic (exact) mass is 959 g/mol. The number of aliphatic carboxylic acids is 2. The van der Waals surface area contributed by atoms with Gasteiger partial charge < -0.3 is 47.6 Å². The summed E-state index contributed by atoms with van der Waals surface area (Å²) in [6, 6.07) is -1.81. The van der Waals surface area contributed by atoms with Gasteiger partial charge in [0.15, 0.2) is 16.0 Å². The van der Waals surface area contributed by atoms with Crippen LogP contribution in [0.3, 0.4) is 0 Å². The highest BCUT2D eigenvalue weighted by Gasteiger charge is 2.55. The first-order valence-electron chi connectivity index (χ1n) is 18.2. The van der Waals surface area contributed by atoms with Crippen LogP contribution in [0.4, 0.5) is 15.1 Å². The van der Waals surface area contributed by atoms with Gasteiger partial charge in [-0.3, -0.25) is 29.0 Å². The number of nitrogens with one attached hydrogen (secondary N) is 2. The Labute approximate surface area is 377 Å². The van der Waals surface area contributed by atoms with E-state index in [1.54, 1.807) is 34.5 Å². The number of β-lactam (4-membered cyclic amide) rings is 2. The molecular weight excluding hydrogens is 923 g/mol. The number of amides is 5. The fourth-order valence-corrected chi connectivity index (χ4v) is 10.9. The fraction of sp³-hybridized carbons (Fsp3) is 0.306. The molecule has 3 aromatic rings. The van der Waals surface area contributed by atoms with Crippen molar-refractivity contribution in [3.63, 3.8) is 0 Å². The van der Waals surface area contributed by atoms with Gasteiger partial charge >= 0.3 is 18.0 Å². The van der Waals surface area contributed by atoms with Crippen LogP contribution in [-0.4, -0.2) is 130 Å². The molecule has 7 heterocycles. The number of thioether (sulfide) groups is 2. The van der Waals surface area contributed by atoms with E-state index in [-0.39, 0.29) is 45.9 Å². The number of primary amides is 1. The van der Waals surface area contributed by atoms with Gasteiger partial charge in [0.1, 0.15) is 53.6 Å². The molecule has 0 radical (unpaired) electrons. The number of hydrogen-bond donors (Lipinski definition) is 7. The van der Waals surface area contributed by atoms with Gasteiger partial charge in [0.25, 0.3) is 23.6 Å². The molecule has 0 unspecified atom stereocenters. The number of nitrogen functional groups attached to an aromatic ring is 2. The van der Waals surface area contributed by atoms with Crippen molar-refractivity contribution in [1.82, 2.24) is 35.4 Å². The Morgan fingerprint density at radius 1 is 0.889 bits per heavy atom. The standard InChI is InChI=1S/C19H18N6O5S3.C17H19N5O6S2/c1-8-11(33-7-21-8)4-3-9-5-31-17-13(16(27)25(17)14(9)18(28)29)23-15(26)12(24-30-2)10-6-32-19(20)22-10;1-2-3-8(9-6-30-16(18)20-9)12(23)21-10-13(24)22-11(15(25)26)7(4-28-17(19)27)5-29-14(10)22/h3-4,6-7,13,17H,5H2,1-2H3,(H2,20,22)(H,23,26)(H,28,29);3,6,10,14H,2,4-5H2,1H3,(H2,18,20)(H2,19,27)(H,21,23)(H,25,26)/b4-3-,24-12-;8-3-/t13-,17-;10-,14-/m11/s1. The smallest absolute Gasteiger partial charge is 0.404 e. The zero-order chi connectivity index (χ0) is 45.7. The molecule has 332 valence electrons. The lowest BCUT2D eigenvalue weighted by molar-refractivity contribution is -0.150.